The van der Waals surface area contributed by atoms with Gasteiger partial charge in [-0.1, -0.05) is 19.9 Å². The van der Waals surface area contributed by atoms with Gasteiger partial charge in [0.25, 0.3) is 0 Å². The van der Waals surface area contributed by atoms with Crippen LogP contribution in [0.15, 0.2) is 18.2 Å². The van der Waals surface area contributed by atoms with E-state index in [1.165, 1.54) is 12.1 Å². The summed E-state index contributed by atoms with van der Waals surface area (Å²) in [5.41, 5.74) is 5.24. The largest absolute Gasteiger partial charge is 0.330 e. The zero-order valence-corrected chi connectivity index (χ0v) is 9.34. The summed E-state index contributed by atoms with van der Waals surface area (Å²) in [7, 11) is 0. The molecular formula is C12H15F2NO. The highest BCUT2D eigenvalue weighted by atomic mass is 19.2. The minimum absolute atomic E-state index is 0.000155. The highest BCUT2D eigenvalue weighted by Crippen LogP contribution is 2.20. The fourth-order valence-electron chi connectivity index (χ4n) is 1.58. The molecule has 0 fully saturated rings. The van der Waals surface area contributed by atoms with Gasteiger partial charge in [0, 0.05) is 12.5 Å². The van der Waals surface area contributed by atoms with Gasteiger partial charge in [0.2, 0.25) is 0 Å². The molecule has 0 aromatic heterocycles. The molecule has 1 atom stereocenters. The molecule has 4 heteroatoms. The third-order valence-electron chi connectivity index (χ3n) is 2.61. The molecule has 0 aliphatic carbocycles. The highest BCUT2D eigenvalue weighted by Gasteiger charge is 2.25. The van der Waals surface area contributed by atoms with E-state index in [9.17, 15) is 13.6 Å². The Morgan fingerprint density at radius 2 is 2.00 bits per heavy atom. The van der Waals surface area contributed by atoms with Crippen LogP contribution < -0.4 is 5.73 Å². The molecule has 0 amide bonds. The van der Waals surface area contributed by atoms with Crippen molar-refractivity contribution in [2.75, 3.05) is 6.54 Å². The van der Waals surface area contributed by atoms with Gasteiger partial charge in [-0.25, -0.2) is 8.78 Å². The van der Waals surface area contributed by atoms with Crippen molar-refractivity contribution in [2.24, 2.45) is 17.6 Å². The molecule has 0 aliphatic rings. The maximum atomic E-state index is 13.4. The molecule has 0 saturated heterocycles. The Labute approximate surface area is 93.5 Å². The molecule has 2 nitrogen and oxygen atoms in total. The summed E-state index contributed by atoms with van der Waals surface area (Å²) in [6.07, 6.45) is 0. The SMILES string of the molecule is CC(C)C(CN)C(=O)c1cccc(F)c1F. The van der Waals surface area contributed by atoms with Gasteiger partial charge in [-0.15, -0.1) is 0 Å². The molecular weight excluding hydrogens is 212 g/mol. The fraction of sp³-hybridized carbons (Fsp3) is 0.417. The van der Waals surface area contributed by atoms with Gasteiger partial charge in [-0.2, -0.15) is 0 Å². The number of nitrogens with two attached hydrogens (primary N) is 1. The normalized spacial score (nSPS) is 12.9. The summed E-state index contributed by atoms with van der Waals surface area (Å²) in [6, 6.07) is 3.59. The molecule has 2 N–H and O–H groups in total. The van der Waals surface area contributed by atoms with Crippen LogP contribution in [0.1, 0.15) is 24.2 Å². The zero-order valence-electron chi connectivity index (χ0n) is 9.34. The van der Waals surface area contributed by atoms with Gasteiger partial charge >= 0.3 is 0 Å². The average molecular weight is 227 g/mol. The van der Waals surface area contributed by atoms with Crippen molar-refractivity contribution < 1.29 is 13.6 Å². The van der Waals surface area contributed by atoms with E-state index in [-0.39, 0.29) is 18.0 Å². The summed E-state index contributed by atoms with van der Waals surface area (Å²) in [5.74, 6) is -3.01. The number of hydrogen-bond acceptors (Lipinski definition) is 2. The van der Waals surface area contributed by atoms with Crippen LogP contribution in [-0.4, -0.2) is 12.3 Å². The van der Waals surface area contributed by atoms with Crippen LogP contribution in [0.3, 0.4) is 0 Å². The Balaban J connectivity index is 3.09. The van der Waals surface area contributed by atoms with Gasteiger partial charge in [-0.3, -0.25) is 4.79 Å². The minimum Gasteiger partial charge on any atom is -0.330 e. The maximum absolute atomic E-state index is 13.4. The van der Waals surface area contributed by atoms with Gasteiger partial charge in [0.15, 0.2) is 17.4 Å². The summed E-state index contributed by atoms with van der Waals surface area (Å²) in [4.78, 5) is 11.9. The standard InChI is InChI=1S/C12H15F2NO/c1-7(2)9(6-15)12(16)8-4-3-5-10(13)11(8)14/h3-5,7,9H,6,15H2,1-2H3. The van der Waals surface area contributed by atoms with Crippen molar-refractivity contribution in [1.82, 2.24) is 0 Å². The second-order valence-electron chi connectivity index (χ2n) is 4.05. The van der Waals surface area contributed by atoms with E-state index < -0.39 is 23.3 Å². The van der Waals surface area contributed by atoms with Crippen molar-refractivity contribution in [1.29, 1.82) is 0 Å². The number of carbonyl (C=O) groups is 1. The van der Waals surface area contributed by atoms with E-state index in [1.54, 1.807) is 0 Å². The molecule has 0 saturated carbocycles. The maximum Gasteiger partial charge on any atom is 0.170 e. The molecule has 0 aliphatic heterocycles. The first kappa shape index (κ1) is 12.8. The molecule has 0 radical (unpaired) electrons. The van der Waals surface area contributed by atoms with Crippen molar-refractivity contribution in [2.45, 2.75) is 13.8 Å². The number of hydrogen-bond donors (Lipinski definition) is 1. The van der Waals surface area contributed by atoms with E-state index in [1.807, 2.05) is 13.8 Å². The van der Waals surface area contributed by atoms with Crippen molar-refractivity contribution in [3.63, 3.8) is 0 Å². The van der Waals surface area contributed by atoms with Crippen LogP contribution in [0, 0.1) is 23.5 Å². The molecule has 1 aromatic carbocycles. The van der Waals surface area contributed by atoms with E-state index >= 15 is 0 Å². The first-order valence-corrected chi connectivity index (χ1v) is 5.17. The second kappa shape index (κ2) is 5.16. The molecule has 0 spiro atoms. The molecule has 0 heterocycles. The molecule has 0 bridgehead atoms. The van der Waals surface area contributed by atoms with E-state index in [4.69, 9.17) is 5.73 Å². The number of Topliss-reactive ketones (excluding diaryl/α,β-unsaturated/α-hetero) is 1. The summed E-state index contributed by atoms with van der Waals surface area (Å²) < 4.78 is 26.3. The lowest BCUT2D eigenvalue weighted by Crippen LogP contribution is -2.29. The predicted molar refractivity (Wildman–Crippen MR) is 58.1 cm³/mol. The summed E-state index contributed by atoms with van der Waals surface area (Å²) >= 11 is 0. The van der Waals surface area contributed by atoms with E-state index in [0.29, 0.717) is 0 Å². The Morgan fingerprint density at radius 1 is 1.38 bits per heavy atom. The molecule has 1 rings (SSSR count). The van der Waals surface area contributed by atoms with E-state index in [0.717, 1.165) is 6.07 Å². The van der Waals surface area contributed by atoms with Crippen LogP contribution in [0.25, 0.3) is 0 Å². The number of ketones is 1. The van der Waals surface area contributed by atoms with Crippen LogP contribution in [0.2, 0.25) is 0 Å². The quantitative estimate of drug-likeness (QED) is 0.802. The molecule has 16 heavy (non-hydrogen) atoms. The van der Waals surface area contributed by atoms with Crippen LogP contribution in [0.4, 0.5) is 8.78 Å². The first-order chi connectivity index (χ1) is 7.49. The Bertz CT molecular complexity index is 391. The lowest BCUT2D eigenvalue weighted by Gasteiger charge is -2.17. The van der Waals surface area contributed by atoms with Crippen LogP contribution in [-0.2, 0) is 0 Å². The second-order valence-corrected chi connectivity index (χ2v) is 4.05. The number of carbonyl (C=O) groups excluding carboxylic acids is 1. The van der Waals surface area contributed by atoms with Gasteiger partial charge < -0.3 is 5.73 Å². The van der Waals surface area contributed by atoms with Crippen LogP contribution in [0.5, 0.6) is 0 Å². The smallest absolute Gasteiger partial charge is 0.170 e. The summed E-state index contributed by atoms with van der Waals surface area (Å²) in [5, 5.41) is 0. The molecule has 1 unspecified atom stereocenters. The van der Waals surface area contributed by atoms with Gasteiger partial charge in [0.05, 0.1) is 5.56 Å². The van der Waals surface area contributed by atoms with Crippen molar-refractivity contribution in [3.05, 3.63) is 35.4 Å². The van der Waals surface area contributed by atoms with E-state index in [2.05, 4.69) is 0 Å². The van der Waals surface area contributed by atoms with Crippen molar-refractivity contribution >= 4 is 5.78 Å². The lowest BCUT2D eigenvalue weighted by molar-refractivity contribution is 0.0887. The van der Waals surface area contributed by atoms with Gasteiger partial charge in [-0.05, 0) is 18.1 Å². The van der Waals surface area contributed by atoms with Crippen molar-refractivity contribution in [3.8, 4) is 0 Å². The van der Waals surface area contributed by atoms with Crippen LogP contribution >= 0.6 is 0 Å². The Kier molecular flexibility index (Phi) is 4.12. The molecule has 88 valence electrons. The van der Waals surface area contributed by atoms with Gasteiger partial charge in [0.1, 0.15) is 0 Å². The third kappa shape index (κ3) is 2.44. The lowest BCUT2D eigenvalue weighted by atomic mass is 9.88. The first-order valence-electron chi connectivity index (χ1n) is 5.17. The Morgan fingerprint density at radius 3 is 2.50 bits per heavy atom. The predicted octanol–water partition coefficient (Wildman–Crippen LogP) is 2.38. The Hall–Kier alpha value is -1.29. The summed E-state index contributed by atoms with van der Waals surface area (Å²) in [6.45, 7) is 3.78. The monoisotopic (exact) mass is 227 g/mol. The third-order valence-corrected chi connectivity index (χ3v) is 2.61. The average Bonchev–Trinajstić information content (AvgIpc) is 2.22. The number of rotatable bonds is 4. The fourth-order valence-corrected chi connectivity index (χ4v) is 1.58. The zero-order chi connectivity index (χ0) is 12.3. The number of halogens is 2. The number of benzene rings is 1. The highest BCUT2D eigenvalue weighted by molar-refractivity contribution is 5.98. The topological polar surface area (TPSA) is 43.1 Å². The molecule has 1 aromatic rings. The minimum atomic E-state index is -1.09.